The van der Waals surface area contributed by atoms with Crippen LogP contribution < -0.4 is 0 Å². The second-order valence-corrected chi connectivity index (χ2v) is 1.72. The minimum absolute atomic E-state index is 0.583. The fourth-order valence-electron chi connectivity index (χ4n) is 0.156. The van der Waals surface area contributed by atoms with Crippen LogP contribution in [0.1, 0.15) is 0 Å². The maximum atomic E-state index is 4.58. The van der Waals surface area contributed by atoms with Crippen molar-refractivity contribution >= 4 is 24.4 Å². The molecular weight excluding hydrogens is 116 g/mol. The van der Waals surface area contributed by atoms with E-state index < -0.39 is 0 Å². The predicted molar refractivity (Wildman–Crippen MR) is 25.8 cm³/mol. The van der Waals surface area contributed by atoms with E-state index in [0.717, 1.165) is 11.7 Å². The Labute approximate surface area is 44.9 Å². The lowest BCUT2D eigenvalue weighted by molar-refractivity contribution is 1.28. The van der Waals surface area contributed by atoms with Crippen LogP contribution in [0.5, 0.6) is 0 Å². The van der Waals surface area contributed by atoms with E-state index in [4.69, 9.17) is 0 Å². The van der Waals surface area contributed by atoms with Crippen molar-refractivity contribution in [1.82, 2.24) is 8.75 Å². The lowest BCUT2D eigenvalue weighted by Crippen LogP contribution is -1.49. The van der Waals surface area contributed by atoms with E-state index in [-0.39, 0.29) is 0 Å². The van der Waals surface area contributed by atoms with E-state index in [9.17, 15) is 0 Å². The van der Waals surface area contributed by atoms with E-state index in [1.165, 1.54) is 0 Å². The molecule has 0 aliphatic heterocycles. The molecule has 0 saturated heterocycles. The second kappa shape index (κ2) is 1.49. The van der Waals surface area contributed by atoms with Crippen LogP contribution in [0, 0.1) is 0 Å². The molecule has 6 heavy (non-hydrogen) atoms. The van der Waals surface area contributed by atoms with Gasteiger partial charge in [0.1, 0.15) is 0 Å². The van der Waals surface area contributed by atoms with Gasteiger partial charge in [-0.25, -0.2) is 0 Å². The van der Waals surface area contributed by atoms with Crippen LogP contribution in [0.15, 0.2) is 11.2 Å². The standard InChI is InChI=1S/C2HN2S2/c5-2-1-3-6-4-2/h1H. The number of hydrogen-bond acceptors (Lipinski definition) is 3. The predicted octanol–water partition coefficient (Wildman–Crippen LogP) is 1.09. The summed E-state index contributed by atoms with van der Waals surface area (Å²) < 4.78 is 7.31. The Balaban J connectivity index is 3.05. The van der Waals surface area contributed by atoms with Crippen LogP contribution in [-0.2, 0) is 0 Å². The summed E-state index contributed by atoms with van der Waals surface area (Å²) in [6.45, 7) is 0. The van der Waals surface area contributed by atoms with E-state index in [1.54, 1.807) is 6.20 Å². The molecule has 1 aromatic rings. The summed E-state index contributed by atoms with van der Waals surface area (Å²) in [6, 6.07) is 0. The fraction of sp³-hybridized carbons (Fsp3) is 0. The SMILES string of the molecule is [S]c1cnsn1. The van der Waals surface area contributed by atoms with Crippen molar-refractivity contribution in [3.8, 4) is 0 Å². The van der Waals surface area contributed by atoms with Gasteiger partial charge in [-0.2, -0.15) is 8.75 Å². The average Bonchev–Trinajstić information content (AvgIpc) is 1.86. The smallest absolute Gasteiger partial charge is 0.160 e. The summed E-state index contributed by atoms with van der Waals surface area (Å²) in [7, 11) is 0. The molecule has 0 bridgehead atoms. The summed E-state index contributed by atoms with van der Waals surface area (Å²) >= 11 is 5.72. The van der Waals surface area contributed by atoms with Crippen LogP contribution in [0.2, 0.25) is 0 Å². The molecule has 1 rings (SSSR count). The number of hydrogen-bond donors (Lipinski definition) is 0. The molecule has 2 nitrogen and oxygen atoms in total. The van der Waals surface area contributed by atoms with E-state index in [0.29, 0.717) is 5.03 Å². The van der Waals surface area contributed by atoms with Crippen LogP contribution in [0.25, 0.3) is 0 Å². The molecule has 1 aromatic heterocycles. The largest absolute Gasteiger partial charge is 0.180 e. The zero-order chi connectivity index (χ0) is 4.41. The van der Waals surface area contributed by atoms with Gasteiger partial charge in [0.15, 0.2) is 5.03 Å². The Morgan fingerprint density at radius 1 is 1.83 bits per heavy atom. The first-order valence-corrected chi connectivity index (χ1v) is 2.48. The molecule has 31 valence electrons. The molecule has 0 aliphatic carbocycles. The molecule has 0 aliphatic rings. The zero-order valence-corrected chi connectivity index (χ0v) is 4.42. The highest BCUT2D eigenvalue weighted by Crippen LogP contribution is 1.97. The first kappa shape index (κ1) is 3.95. The van der Waals surface area contributed by atoms with Crippen molar-refractivity contribution in [3.63, 3.8) is 0 Å². The molecule has 0 atom stereocenters. The van der Waals surface area contributed by atoms with Crippen molar-refractivity contribution < 1.29 is 0 Å². The third kappa shape index (κ3) is 0.636. The Hall–Kier alpha value is -0.220. The average molecular weight is 117 g/mol. The Kier molecular flexibility index (Phi) is 0.979. The maximum absolute atomic E-state index is 4.58. The van der Waals surface area contributed by atoms with Crippen molar-refractivity contribution in [1.29, 1.82) is 0 Å². The molecule has 4 heteroatoms. The van der Waals surface area contributed by atoms with E-state index in [2.05, 4.69) is 21.4 Å². The van der Waals surface area contributed by atoms with Crippen molar-refractivity contribution in [2.24, 2.45) is 0 Å². The summed E-state index contributed by atoms with van der Waals surface area (Å²) in [6.07, 6.45) is 1.56. The molecule has 0 fully saturated rings. The molecular formula is C2HN2S2. The minimum Gasteiger partial charge on any atom is -0.180 e. The molecule has 0 spiro atoms. The summed E-state index contributed by atoms with van der Waals surface area (Å²) in [5.41, 5.74) is 0. The van der Waals surface area contributed by atoms with Gasteiger partial charge in [0.2, 0.25) is 0 Å². The summed E-state index contributed by atoms with van der Waals surface area (Å²) in [4.78, 5) is 0. The lowest BCUT2D eigenvalue weighted by Gasteiger charge is -1.57. The molecule has 0 N–H and O–H groups in total. The highest BCUT2D eigenvalue weighted by atomic mass is 32.1. The van der Waals surface area contributed by atoms with E-state index in [1.807, 2.05) is 0 Å². The summed E-state index contributed by atoms with van der Waals surface area (Å²) in [5.74, 6) is 0. The van der Waals surface area contributed by atoms with Gasteiger partial charge in [-0.3, -0.25) is 0 Å². The van der Waals surface area contributed by atoms with Crippen molar-refractivity contribution in [2.75, 3.05) is 0 Å². The molecule has 0 aromatic carbocycles. The third-order valence-corrected chi connectivity index (χ3v) is 1.13. The van der Waals surface area contributed by atoms with Crippen LogP contribution >= 0.6 is 24.4 Å². The minimum atomic E-state index is 0.583. The van der Waals surface area contributed by atoms with Crippen molar-refractivity contribution in [2.45, 2.75) is 5.03 Å². The van der Waals surface area contributed by atoms with Gasteiger partial charge in [-0.05, 0) is 0 Å². The number of nitrogens with zero attached hydrogens (tertiary/aromatic N) is 2. The third-order valence-electron chi connectivity index (χ3n) is 0.341. The van der Waals surface area contributed by atoms with Gasteiger partial charge in [-0.15, -0.1) is 0 Å². The molecule has 0 amide bonds. The highest BCUT2D eigenvalue weighted by Gasteiger charge is 1.81. The van der Waals surface area contributed by atoms with Crippen LogP contribution in [-0.4, -0.2) is 8.75 Å². The van der Waals surface area contributed by atoms with Crippen molar-refractivity contribution in [3.05, 3.63) is 6.20 Å². The Bertz CT molecular complexity index is 113. The molecule has 0 saturated carbocycles. The number of aromatic nitrogens is 2. The number of rotatable bonds is 0. The monoisotopic (exact) mass is 117 g/mol. The van der Waals surface area contributed by atoms with E-state index >= 15 is 0 Å². The van der Waals surface area contributed by atoms with Crippen LogP contribution in [0.3, 0.4) is 0 Å². The maximum Gasteiger partial charge on any atom is 0.160 e. The highest BCUT2D eigenvalue weighted by molar-refractivity contribution is 7.80. The molecule has 1 radical (unpaired) electrons. The Morgan fingerprint density at radius 3 is 2.83 bits per heavy atom. The van der Waals surface area contributed by atoms with Gasteiger partial charge in [0.05, 0.1) is 17.9 Å². The van der Waals surface area contributed by atoms with Crippen LogP contribution in [0.4, 0.5) is 0 Å². The molecule has 1 heterocycles. The zero-order valence-electron chi connectivity index (χ0n) is 2.79. The fourth-order valence-corrected chi connectivity index (χ4v) is 0.697. The first-order chi connectivity index (χ1) is 2.89. The van der Waals surface area contributed by atoms with Gasteiger partial charge in [0, 0.05) is 0 Å². The Morgan fingerprint density at radius 2 is 2.67 bits per heavy atom. The molecule has 0 unspecified atom stereocenters. The topological polar surface area (TPSA) is 25.8 Å². The van der Waals surface area contributed by atoms with Gasteiger partial charge >= 0.3 is 0 Å². The first-order valence-electron chi connectivity index (χ1n) is 1.34. The lowest BCUT2D eigenvalue weighted by atomic mass is 11.0. The normalized spacial score (nSPS) is 8.67. The van der Waals surface area contributed by atoms with Gasteiger partial charge in [0.25, 0.3) is 0 Å². The van der Waals surface area contributed by atoms with Gasteiger partial charge < -0.3 is 0 Å². The second-order valence-electron chi connectivity index (χ2n) is 0.746. The quantitative estimate of drug-likeness (QED) is 0.508. The van der Waals surface area contributed by atoms with Gasteiger partial charge in [-0.1, -0.05) is 12.6 Å². The summed E-state index contributed by atoms with van der Waals surface area (Å²) in [5, 5.41) is 0.583.